The van der Waals surface area contributed by atoms with E-state index in [-0.39, 0.29) is 30.5 Å². The van der Waals surface area contributed by atoms with Crippen molar-refractivity contribution in [1.82, 2.24) is 5.32 Å². The lowest BCUT2D eigenvalue weighted by Gasteiger charge is -2.07. The van der Waals surface area contributed by atoms with Crippen molar-refractivity contribution in [2.45, 2.75) is 26.7 Å². The van der Waals surface area contributed by atoms with Crippen LogP contribution in [-0.4, -0.2) is 31.5 Å². The van der Waals surface area contributed by atoms with Crippen LogP contribution in [0.4, 0.5) is 0 Å². The van der Waals surface area contributed by atoms with Crippen LogP contribution < -0.4 is 5.32 Å². The molecule has 0 saturated carbocycles. The summed E-state index contributed by atoms with van der Waals surface area (Å²) in [5.74, 6) is -0.668. The SMILES string of the molecule is CCCCNC1=C(C(=O)OCC)C(=O)CO1. The van der Waals surface area contributed by atoms with E-state index in [1.165, 1.54) is 0 Å². The summed E-state index contributed by atoms with van der Waals surface area (Å²) >= 11 is 0. The quantitative estimate of drug-likeness (QED) is 0.412. The smallest absolute Gasteiger partial charge is 0.347 e. The van der Waals surface area contributed by atoms with Gasteiger partial charge in [-0.25, -0.2) is 4.79 Å². The van der Waals surface area contributed by atoms with Crippen molar-refractivity contribution in [1.29, 1.82) is 0 Å². The number of esters is 1. The molecule has 0 fully saturated rings. The van der Waals surface area contributed by atoms with Gasteiger partial charge in [0.1, 0.15) is 0 Å². The van der Waals surface area contributed by atoms with Gasteiger partial charge in [0.05, 0.1) is 6.61 Å². The van der Waals surface area contributed by atoms with Crippen LogP contribution in [-0.2, 0) is 19.1 Å². The number of hydrogen-bond acceptors (Lipinski definition) is 5. The number of rotatable bonds is 6. The summed E-state index contributed by atoms with van der Waals surface area (Å²) in [6.45, 7) is 4.61. The Balaban J connectivity index is 2.67. The zero-order valence-electron chi connectivity index (χ0n) is 9.67. The zero-order valence-corrected chi connectivity index (χ0v) is 9.67. The highest BCUT2D eigenvalue weighted by molar-refractivity contribution is 6.19. The van der Waals surface area contributed by atoms with E-state index in [0.717, 1.165) is 12.8 Å². The molecule has 0 bridgehead atoms. The molecule has 0 unspecified atom stereocenters. The predicted molar refractivity (Wildman–Crippen MR) is 57.5 cm³/mol. The highest BCUT2D eigenvalue weighted by Crippen LogP contribution is 2.15. The second kappa shape index (κ2) is 6.15. The van der Waals surface area contributed by atoms with Crippen molar-refractivity contribution in [3.63, 3.8) is 0 Å². The summed E-state index contributed by atoms with van der Waals surface area (Å²) in [7, 11) is 0. The molecule has 1 heterocycles. The number of ketones is 1. The predicted octanol–water partition coefficient (Wildman–Crippen LogP) is 0.750. The van der Waals surface area contributed by atoms with Crippen LogP contribution in [0.1, 0.15) is 26.7 Å². The van der Waals surface area contributed by atoms with E-state index < -0.39 is 5.97 Å². The Labute approximate surface area is 94.8 Å². The number of ether oxygens (including phenoxy) is 2. The normalized spacial score (nSPS) is 15.0. The maximum atomic E-state index is 11.5. The molecule has 5 nitrogen and oxygen atoms in total. The first-order valence-electron chi connectivity index (χ1n) is 5.52. The van der Waals surface area contributed by atoms with E-state index in [0.29, 0.717) is 6.54 Å². The average Bonchev–Trinajstić information content (AvgIpc) is 2.61. The molecule has 5 heteroatoms. The van der Waals surface area contributed by atoms with Crippen LogP contribution in [0.15, 0.2) is 11.5 Å². The Bertz CT molecular complexity index is 309. The molecule has 1 N–H and O–H groups in total. The first-order chi connectivity index (χ1) is 7.70. The molecule has 1 aliphatic heterocycles. The summed E-state index contributed by atoms with van der Waals surface area (Å²) in [5, 5.41) is 2.94. The largest absolute Gasteiger partial charge is 0.470 e. The molecule has 0 radical (unpaired) electrons. The number of Topliss-reactive ketones (excluding diaryl/α,β-unsaturated/α-hetero) is 1. The first kappa shape index (κ1) is 12.5. The van der Waals surface area contributed by atoms with Crippen LogP contribution in [0, 0.1) is 0 Å². The monoisotopic (exact) mass is 227 g/mol. The molecule has 1 rings (SSSR count). The fourth-order valence-electron chi connectivity index (χ4n) is 1.34. The van der Waals surface area contributed by atoms with Crippen LogP contribution in [0.25, 0.3) is 0 Å². The van der Waals surface area contributed by atoms with Crippen LogP contribution in [0.2, 0.25) is 0 Å². The molecule has 0 aromatic carbocycles. The van der Waals surface area contributed by atoms with E-state index in [1.807, 2.05) is 0 Å². The van der Waals surface area contributed by atoms with Gasteiger partial charge >= 0.3 is 5.97 Å². The standard InChI is InChI=1S/C11H17NO4/c1-3-5-6-12-10-9(8(13)7-16-10)11(14)15-4-2/h12H,3-7H2,1-2H3. The minimum absolute atomic E-state index is 0.0120. The van der Waals surface area contributed by atoms with Crippen molar-refractivity contribution in [2.75, 3.05) is 19.8 Å². The lowest BCUT2D eigenvalue weighted by Crippen LogP contribution is -2.20. The van der Waals surface area contributed by atoms with Crippen molar-refractivity contribution in [2.24, 2.45) is 0 Å². The van der Waals surface area contributed by atoms with E-state index in [2.05, 4.69) is 12.2 Å². The third kappa shape index (κ3) is 2.98. The van der Waals surface area contributed by atoms with E-state index >= 15 is 0 Å². The molecule has 0 aromatic heterocycles. The number of carbonyl (C=O) groups is 2. The minimum Gasteiger partial charge on any atom is -0.470 e. The fraction of sp³-hybridized carbons (Fsp3) is 0.636. The molecule has 0 aromatic rings. The molecular weight excluding hydrogens is 210 g/mol. The molecule has 16 heavy (non-hydrogen) atoms. The van der Waals surface area contributed by atoms with Gasteiger partial charge in [-0.1, -0.05) is 13.3 Å². The highest BCUT2D eigenvalue weighted by atomic mass is 16.5. The maximum absolute atomic E-state index is 11.5. The van der Waals surface area contributed by atoms with Gasteiger partial charge in [0, 0.05) is 6.54 Å². The van der Waals surface area contributed by atoms with Crippen molar-refractivity contribution in [3.8, 4) is 0 Å². The Kier molecular flexibility index (Phi) is 4.82. The summed E-state index contributed by atoms with van der Waals surface area (Å²) in [6, 6.07) is 0. The van der Waals surface area contributed by atoms with Gasteiger partial charge in [-0.2, -0.15) is 0 Å². The Morgan fingerprint density at radius 3 is 2.88 bits per heavy atom. The number of nitrogens with one attached hydrogen (secondary N) is 1. The lowest BCUT2D eigenvalue weighted by molar-refractivity contribution is -0.139. The van der Waals surface area contributed by atoms with Crippen molar-refractivity contribution < 1.29 is 19.1 Å². The van der Waals surface area contributed by atoms with Crippen LogP contribution in [0.3, 0.4) is 0 Å². The minimum atomic E-state index is -0.607. The van der Waals surface area contributed by atoms with Gasteiger partial charge < -0.3 is 14.8 Å². The second-order valence-electron chi connectivity index (χ2n) is 3.42. The van der Waals surface area contributed by atoms with Gasteiger partial charge in [0.2, 0.25) is 11.7 Å². The molecule has 0 spiro atoms. The van der Waals surface area contributed by atoms with E-state index in [4.69, 9.17) is 9.47 Å². The molecular formula is C11H17NO4. The molecule has 1 aliphatic rings. The third-order valence-electron chi connectivity index (χ3n) is 2.15. The number of unbranched alkanes of at least 4 members (excludes halogenated alkanes) is 1. The molecule has 0 saturated heterocycles. The van der Waals surface area contributed by atoms with Crippen LogP contribution in [0.5, 0.6) is 0 Å². The topological polar surface area (TPSA) is 64.6 Å². The molecule has 90 valence electrons. The van der Waals surface area contributed by atoms with Crippen molar-refractivity contribution in [3.05, 3.63) is 11.5 Å². The molecule has 0 amide bonds. The average molecular weight is 227 g/mol. The number of hydrogen-bond donors (Lipinski definition) is 1. The third-order valence-corrected chi connectivity index (χ3v) is 2.15. The van der Waals surface area contributed by atoms with Gasteiger partial charge in [-0.15, -0.1) is 0 Å². The summed E-state index contributed by atoms with van der Waals surface area (Å²) in [6.07, 6.45) is 1.99. The van der Waals surface area contributed by atoms with Crippen LogP contribution >= 0.6 is 0 Å². The molecule has 0 atom stereocenters. The summed E-state index contributed by atoms with van der Waals surface area (Å²) in [4.78, 5) is 22.9. The van der Waals surface area contributed by atoms with Gasteiger partial charge in [0.15, 0.2) is 12.2 Å². The van der Waals surface area contributed by atoms with Gasteiger partial charge in [-0.05, 0) is 13.3 Å². The van der Waals surface area contributed by atoms with Gasteiger partial charge in [0.25, 0.3) is 0 Å². The maximum Gasteiger partial charge on any atom is 0.347 e. The summed E-state index contributed by atoms with van der Waals surface area (Å²) in [5.41, 5.74) is 0.0120. The fourth-order valence-corrected chi connectivity index (χ4v) is 1.34. The Morgan fingerprint density at radius 1 is 1.50 bits per heavy atom. The number of carbonyl (C=O) groups excluding carboxylic acids is 2. The first-order valence-corrected chi connectivity index (χ1v) is 5.52. The van der Waals surface area contributed by atoms with Crippen molar-refractivity contribution >= 4 is 11.8 Å². The van der Waals surface area contributed by atoms with E-state index in [9.17, 15) is 9.59 Å². The Hall–Kier alpha value is -1.52. The zero-order chi connectivity index (χ0) is 12.0. The van der Waals surface area contributed by atoms with E-state index in [1.54, 1.807) is 6.92 Å². The van der Waals surface area contributed by atoms with Gasteiger partial charge in [-0.3, -0.25) is 4.79 Å². The summed E-state index contributed by atoms with van der Waals surface area (Å²) < 4.78 is 9.91. The lowest BCUT2D eigenvalue weighted by atomic mass is 10.2. The second-order valence-corrected chi connectivity index (χ2v) is 3.42. The Morgan fingerprint density at radius 2 is 2.25 bits per heavy atom. The molecule has 0 aliphatic carbocycles. The highest BCUT2D eigenvalue weighted by Gasteiger charge is 2.31.